The van der Waals surface area contributed by atoms with E-state index in [1.165, 1.54) is 18.4 Å². The van der Waals surface area contributed by atoms with Gasteiger partial charge in [-0.15, -0.1) is 0 Å². The van der Waals surface area contributed by atoms with Crippen molar-refractivity contribution in [2.24, 2.45) is 5.92 Å². The molecule has 0 aromatic heterocycles. The molecule has 2 unspecified atom stereocenters. The van der Waals surface area contributed by atoms with Crippen LogP contribution >= 0.6 is 0 Å². The molecule has 0 aromatic rings. The van der Waals surface area contributed by atoms with Crippen molar-refractivity contribution >= 4 is 11.8 Å². The zero-order valence-electron chi connectivity index (χ0n) is 19.0. The maximum absolute atomic E-state index is 11.6. The Kier molecular flexibility index (Phi) is 22.2. The Morgan fingerprint density at radius 1 is 1.12 bits per heavy atom. The van der Waals surface area contributed by atoms with Crippen LogP contribution in [-0.2, 0) is 9.59 Å². The largest absolute Gasteiger partial charge is 0.377 e. The van der Waals surface area contributed by atoms with Crippen molar-refractivity contribution in [3.05, 3.63) is 23.4 Å². The number of rotatable bonds is 6. The Balaban J connectivity index is -0.000000795. The van der Waals surface area contributed by atoms with E-state index in [-0.39, 0.29) is 17.9 Å². The molecule has 2 amide bonds. The van der Waals surface area contributed by atoms with Gasteiger partial charge in [0.15, 0.2) is 0 Å². The zero-order chi connectivity index (χ0) is 21.1. The summed E-state index contributed by atoms with van der Waals surface area (Å²) < 4.78 is 0. The van der Waals surface area contributed by atoms with E-state index in [1.807, 2.05) is 54.5 Å². The van der Waals surface area contributed by atoms with Gasteiger partial charge in [0.2, 0.25) is 11.8 Å². The highest BCUT2D eigenvalue weighted by atomic mass is 16.2. The van der Waals surface area contributed by atoms with E-state index in [9.17, 15) is 9.59 Å². The molecular weight excluding hydrogens is 324 g/mol. The molecule has 0 saturated carbocycles. The first-order valence-corrected chi connectivity index (χ1v) is 10.4. The molecule has 1 aliphatic rings. The van der Waals surface area contributed by atoms with Crippen LogP contribution in [0.5, 0.6) is 0 Å². The maximum Gasteiger partial charge on any atom is 0.249 e. The molecule has 1 saturated heterocycles. The van der Waals surface area contributed by atoms with E-state index in [1.54, 1.807) is 0 Å². The summed E-state index contributed by atoms with van der Waals surface area (Å²) >= 11 is 0. The van der Waals surface area contributed by atoms with Crippen molar-refractivity contribution in [1.29, 1.82) is 0 Å². The van der Waals surface area contributed by atoms with Gasteiger partial charge < -0.3 is 5.32 Å². The molecule has 1 aliphatic heterocycles. The van der Waals surface area contributed by atoms with Gasteiger partial charge in [-0.05, 0) is 38.7 Å². The second kappa shape index (κ2) is 19.7. The van der Waals surface area contributed by atoms with E-state index in [4.69, 9.17) is 0 Å². The van der Waals surface area contributed by atoms with E-state index in [2.05, 4.69) is 37.5 Å². The molecule has 1 rings (SSSR count). The molecule has 26 heavy (non-hydrogen) atoms. The third-order valence-electron chi connectivity index (χ3n) is 3.74. The van der Waals surface area contributed by atoms with Gasteiger partial charge in [0.1, 0.15) is 6.04 Å². The van der Waals surface area contributed by atoms with Gasteiger partial charge in [-0.1, -0.05) is 73.5 Å². The highest BCUT2D eigenvalue weighted by Gasteiger charge is 2.25. The van der Waals surface area contributed by atoms with Gasteiger partial charge in [0.05, 0.1) is 0 Å². The summed E-state index contributed by atoms with van der Waals surface area (Å²) in [6.07, 6.45) is 7.45. The molecule has 2 N–H and O–H groups in total. The average molecular weight is 369 g/mol. The molecule has 154 valence electrons. The summed E-state index contributed by atoms with van der Waals surface area (Å²) in [7, 11) is 0. The normalized spacial score (nSPS) is 18.0. The molecule has 1 heterocycles. The lowest BCUT2D eigenvalue weighted by Gasteiger charge is -2.23. The fourth-order valence-electron chi connectivity index (χ4n) is 2.24. The molecule has 0 bridgehead atoms. The predicted molar refractivity (Wildman–Crippen MR) is 115 cm³/mol. The molecule has 4 heteroatoms. The van der Waals surface area contributed by atoms with Crippen LogP contribution < -0.4 is 10.6 Å². The second-order valence-corrected chi connectivity index (χ2v) is 5.60. The third-order valence-corrected chi connectivity index (χ3v) is 3.74. The molecule has 0 aromatic carbocycles. The number of carbonyl (C=O) groups is 2. The Morgan fingerprint density at radius 3 is 2.12 bits per heavy atom. The second-order valence-electron chi connectivity index (χ2n) is 5.60. The first-order valence-electron chi connectivity index (χ1n) is 10.4. The first kappa shape index (κ1) is 29.2. The topological polar surface area (TPSA) is 58.2 Å². The minimum atomic E-state index is -0.300. The van der Waals surface area contributed by atoms with Crippen LogP contribution in [0.4, 0.5) is 0 Å². The van der Waals surface area contributed by atoms with Crippen LogP contribution in [0.3, 0.4) is 0 Å². The number of allylic oxidation sites excluding steroid dienone is 4. The van der Waals surface area contributed by atoms with Crippen LogP contribution in [0.15, 0.2) is 23.4 Å². The first-order chi connectivity index (χ1) is 12.4. The van der Waals surface area contributed by atoms with E-state index < -0.39 is 0 Å². The number of hydrogen-bond donors (Lipinski definition) is 2. The highest BCUT2D eigenvalue weighted by Crippen LogP contribution is 2.16. The van der Waals surface area contributed by atoms with Crippen molar-refractivity contribution in [2.75, 3.05) is 0 Å². The lowest BCUT2D eigenvalue weighted by molar-refractivity contribution is -0.134. The Labute approximate surface area is 162 Å². The van der Waals surface area contributed by atoms with Gasteiger partial charge in [-0.25, -0.2) is 0 Å². The summed E-state index contributed by atoms with van der Waals surface area (Å²) in [5, 5.41) is 5.52. The summed E-state index contributed by atoms with van der Waals surface area (Å²) in [4.78, 5) is 22.7. The summed E-state index contributed by atoms with van der Waals surface area (Å²) in [5.41, 5.74) is 2.29. The number of amides is 2. The molecule has 4 nitrogen and oxygen atoms in total. The van der Waals surface area contributed by atoms with Gasteiger partial charge in [-0.2, -0.15) is 0 Å². The number of imide groups is 1. The van der Waals surface area contributed by atoms with E-state index in [0.717, 1.165) is 5.70 Å². The van der Waals surface area contributed by atoms with Gasteiger partial charge in [0.25, 0.3) is 0 Å². The fraction of sp³-hybridized carbons (Fsp3) is 0.727. The van der Waals surface area contributed by atoms with Crippen molar-refractivity contribution in [3.8, 4) is 0 Å². The van der Waals surface area contributed by atoms with Gasteiger partial charge in [-0.3, -0.25) is 14.9 Å². The SMILES string of the molecule is CC.CC.CC.CCCC(C)/C(C)=C/C=C(\C)NC1CCC(=O)NC1=O. The van der Waals surface area contributed by atoms with Crippen LogP contribution in [0.2, 0.25) is 0 Å². The summed E-state index contributed by atoms with van der Waals surface area (Å²) in [6, 6.07) is -0.300. The Bertz CT molecular complexity index is 426. The minimum Gasteiger partial charge on any atom is -0.377 e. The lowest BCUT2D eigenvalue weighted by Crippen LogP contribution is -2.50. The van der Waals surface area contributed by atoms with Gasteiger partial charge >= 0.3 is 0 Å². The molecule has 1 fully saturated rings. The molecule has 2 atom stereocenters. The summed E-state index contributed by atoms with van der Waals surface area (Å²) in [5.74, 6) is 0.174. The predicted octanol–water partition coefficient (Wildman–Crippen LogP) is 5.75. The maximum atomic E-state index is 11.6. The number of carbonyl (C=O) groups excluding carboxylic acids is 2. The minimum absolute atomic E-state index is 0.182. The standard InChI is InChI=1S/C16H26N2O2.3C2H6/c1-5-6-11(2)12(3)7-8-13(4)17-14-9-10-15(19)18-16(14)20;3*1-2/h7-8,11,14,17H,5-6,9-10H2,1-4H3,(H,18,19,20);3*1-2H3/b12-7+,13-8+;;;. The summed E-state index contributed by atoms with van der Waals surface area (Å²) in [6.45, 7) is 20.5. The van der Waals surface area contributed by atoms with Crippen molar-refractivity contribution < 1.29 is 9.59 Å². The quantitative estimate of drug-likeness (QED) is 0.464. The monoisotopic (exact) mass is 368 g/mol. The lowest BCUT2D eigenvalue weighted by atomic mass is 9.97. The average Bonchev–Trinajstić information content (AvgIpc) is 2.67. The molecule has 0 aliphatic carbocycles. The smallest absolute Gasteiger partial charge is 0.249 e. The highest BCUT2D eigenvalue weighted by molar-refractivity contribution is 6.00. The van der Waals surface area contributed by atoms with Gasteiger partial charge in [0, 0.05) is 12.1 Å². The zero-order valence-corrected chi connectivity index (χ0v) is 19.0. The Morgan fingerprint density at radius 2 is 1.65 bits per heavy atom. The molecule has 0 spiro atoms. The van der Waals surface area contributed by atoms with Crippen molar-refractivity contribution in [1.82, 2.24) is 10.6 Å². The number of nitrogens with one attached hydrogen (secondary N) is 2. The molecular formula is C22H44N2O2. The fourth-order valence-corrected chi connectivity index (χ4v) is 2.24. The Hall–Kier alpha value is -1.58. The number of piperidine rings is 1. The van der Waals surface area contributed by atoms with Crippen molar-refractivity contribution in [3.63, 3.8) is 0 Å². The van der Waals surface area contributed by atoms with Crippen LogP contribution in [-0.4, -0.2) is 17.9 Å². The third kappa shape index (κ3) is 13.7. The van der Waals surface area contributed by atoms with Crippen LogP contribution in [0.1, 0.15) is 94.9 Å². The number of hydrogen-bond acceptors (Lipinski definition) is 3. The van der Waals surface area contributed by atoms with E-state index in [0.29, 0.717) is 18.8 Å². The van der Waals surface area contributed by atoms with Crippen molar-refractivity contribution in [2.45, 2.75) is 101 Å². The van der Waals surface area contributed by atoms with E-state index >= 15 is 0 Å². The molecule has 0 radical (unpaired) electrons. The van der Waals surface area contributed by atoms with Crippen LogP contribution in [0.25, 0.3) is 0 Å². The van der Waals surface area contributed by atoms with Crippen LogP contribution in [0, 0.1) is 5.92 Å².